The SMILES string of the molecule is C=C/C=C(\C=C(/CC/C=C(\C=C(/N)c1ccccc1)c1ccccc1)c1ccccc1)C1=CC=CCC1. The zero-order valence-electron chi connectivity index (χ0n) is 21.4. The Morgan fingerprint density at radius 2 is 1.38 bits per heavy atom. The molecule has 0 fully saturated rings. The number of rotatable bonds is 10. The third-order valence-electron chi connectivity index (χ3n) is 6.46. The summed E-state index contributed by atoms with van der Waals surface area (Å²) in [5, 5.41) is 0. The summed E-state index contributed by atoms with van der Waals surface area (Å²) >= 11 is 0. The van der Waals surface area contributed by atoms with Crippen molar-refractivity contribution in [2.24, 2.45) is 5.73 Å². The molecule has 0 heterocycles. The third kappa shape index (κ3) is 7.56. The number of nitrogens with two attached hydrogens (primary N) is 1. The van der Waals surface area contributed by atoms with E-state index in [4.69, 9.17) is 5.73 Å². The van der Waals surface area contributed by atoms with Gasteiger partial charge in [-0.25, -0.2) is 0 Å². The fraction of sp³-hybridized carbons (Fsp3) is 0.111. The highest BCUT2D eigenvalue weighted by atomic mass is 14.6. The average molecular weight is 482 g/mol. The lowest BCUT2D eigenvalue weighted by molar-refractivity contribution is 0.976. The third-order valence-corrected chi connectivity index (χ3v) is 6.46. The van der Waals surface area contributed by atoms with E-state index in [0.717, 1.165) is 48.1 Å². The van der Waals surface area contributed by atoms with Crippen LogP contribution in [0.1, 0.15) is 42.4 Å². The van der Waals surface area contributed by atoms with Gasteiger partial charge in [-0.1, -0.05) is 140 Å². The molecule has 0 radical (unpaired) electrons. The van der Waals surface area contributed by atoms with Crippen LogP contribution in [0.2, 0.25) is 0 Å². The second kappa shape index (κ2) is 13.7. The topological polar surface area (TPSA) is 26.0 Å². The predicted octanol–water partition coefficient (Wildman–Crippen LogP) is 9.32. The van der Waals surface area contributed by atoms with Gasteiger partial charge in [-0.15, -0.1) is 0 Å². The van der Waals surface area contributed by atoms with Gasteiger partial charge in [0.1, 0.15) is 0 Å². The molecular weight excluding hydrogens is 446 g/mol. The van der Waals surface area contributed by atoms with E-state index in [9.17, 15) is 0 Å². The molecule has 0 aliphatic heterocycles. The number of hydrogen-bond donors (Lipinski definition) is 1. The Balaban J connectivity index is 1.66. The van der Waals surface area contributed by atoms with E-state index in [1.165, 1.54) is 22.3 Å². The van der Waals surface area contributed by atoms with Crippen LogP contribution in [0.4, 0.5) is 0 Å². The molecule has 184 valence electrons. The summed E-state index contributed by atoms with van der Waals surface area (Å²) in [4.78, 5) is 0. The van der Waals surface area contributed by atoms with Crippen LogP contribution in [0.25, 0.3) is 16.8 Å². The molecule has 0 saturated carbocycles. The molecule has 4 rings (SSSR count). The first-order chi connectivity index (χ1) is 18.2. The normalized spacial score (nSPS) is 14.9. The Kier molecular flexibility index (Phi) is 9.49. The van der Waals surface area contributed by atoms with Crippen LogP contribution in [-0.4, -0.2) is 0 Å². The lowest BCUT2D eigenvalue weighted by atomic mass is 9.91. The van der Waals surface area contributed by atoms with E-state index < -0.39 is 0 Å². The summed E-state index contributed by atoms with van der Waals surface area (Å²) in [6, 6.07) is 31.3. The Hall–Kier alpha value is -4.36. The van der Waals surface area contributed by atoms with Crippen molar-refractivity contribution in [3.63, 3.8) is 0 Å². The molecule has 37 heavy (non-hydrogen) atoms. The molecule has 0 saturated heterocycles. The Morgan fingerprint density at radius 1 is 0.757 bits per heavy atom. The van der Waals surface area contributed by atoms with E-state index in [-0.39, 0.29) is 0 Å². The predicted molar refractivity (Wildman–Crippen MR) is 161 cm³/mol. The highest BCUT2D eigenvalue weighted by Crippen LogP contribution is 2.29. The van der Waals surface area contributed by atoms with Crippen LogP contribution >= 0.6 is 0 Å². The molecule has 1 aliphatic rings. The number of benzene rings is 3. The van der Waals surface area contributed by atoms with E-state index in [2.05, 4.69) is 104 Å². The molecule has 1 heteroatoms. The van der Waals surface area contributed by atoms with Crippen molar-refractivity contribution in [1.29, 1.82) is 0 Å². The monoisotopic (exact) mass is 481 g/mol. The largest absolute Gasteiger partial charge is 0.398 e. The Morgan fingerprint density at radius 3 is 1.97 bits per heavy atom. The van der Waals surface area contributed by atoms with Crippen molar-refractivity contribution in [2.75, 3.05) is 0 Å². The first-order valence-electron chi connectivity index (χ1n) is 13.0. The quantitative estimate of drug-likeness (QED) is 0.287. The second-order valence-corrected chi connectivity index (χ2v) is 9.08. The van der Waals surface area contributed by atoms with E-state index in [0.29, 0.717) is 0 Å². The number of hydrogen-bond acceptors (Lipinski definition) is 1. The van der Waals surface area contributed by atoms with E-state index in [1.54, 1.807) is 0 Å². The van der Waals surface area contributed by atoms with Crippen molar-refractivity contribution < 1.29 is 0 Å². The molecule has 1 aliphatic carbocycles. The average Bonchev–Trinajstić information content (AvgIpc) is 2.97. The van der Waals surface area contributed by atoms with Crippen LogP contribution in [0.5, 0.6) is 0 Å². The van der Waals surface area contributed by atoms with Crippen molar-refractivity contribution in [1.82, 2.24) is 0 Å². The van der Waals surface area contributed by atoms with E-state index >= 15 is 0 Å². The van der Waals surface area contributed by atoms with Gasteiger partial charge in [0.05, 0.1) is 0 Å². The van der Waals surface area contributed by atoms with Crippen molar-refractivity contribution in [3.8, 4) is 0 Å². The summed E-state index contributed by atoms with van der Waals surface area (Å²) in [5.41, 5.74) is 15.8. The minimum absolute atomic E-state index is 0.767. The maximum Gasteiger partial charge on any atom is 0.0393 e. The van der Waals surface area contributed by atoms with Crippen LogP contribution in [0.3, 0.4) is 0 Å². The van der Waals surface area contributed by atoms with E-state index in [1.807, 2.05) is 42.5 Å². The summed E-state index contributed by atoms with van der Waals surface area (Å²) in [6.07, 6.45) is 21.3. The number of allylic oxidation sites excluding steroid dienone is 12. The first kappa shape index (κ1) is 25.7. The molecule has 0 bridgehead atoms. The highest BCUT2D eigenvalue weighted by Gasteiger charge is 2.08. The molecule has 0 unspecified atom stereocenters. The second-order valence-electron chi connectivity index (χ2n) is 9.08. The minimum atomic E-state index is 0.767. The van der Waals surface area contributed by atoms with Gasteiger partial charge in [0, 0.05) is 5.70 Å². The Labute approximate surface area is 222 Å². The standard InChI is InChI=1S/C36H35N/c1-2-16-33(29-17-7-3-8-18-29)27-34(30-19-9-4-10-20-30)25-15-26-35(31-21-11-5-12-22-31)28-36(37)32-23-13-6-14-24-32/h2-7,9-14,16-17,19-24,26-28H,1,8,15,18,25,37H2/b33-16+,34-27+,35-26+,36-28-. The van der Waals surface area contributed by atoms with Crippen molar-refractivity contribution >= 4 is 16.8 Å². The van der Waals surface area contributed by atoms with Crippen LogP contribution in [-0.2, 0) is 0 Å². The maximum atomic E-state index is 6.52. The molecule has 0 amide bonds. The van der Waals surface area contributed by atoms with Gasteiger partial charge < -0.3 is 5.73 Å². The molecule has 3 aromatic rings. The lowest BCUT2D eigenvalue weighted by Crippen LogP contribution is -1.97. The summed E-state index contributed by atoms with van der Waals surface area (Å²) < 4.78 is 0. The van der Waals surface area contributed by atoms with Gasteiger partial charge in [0.2, 0.25) is 0 Å². The minimum Gasteiger partial charge on any atom is -0.398 e. The van der Waals surface area contributed by atoms with Crippen LogP contribution in [0, 0.1) is 0 Å². The molecule has 1 nitrogen and oxygen atoms in total. The zero-order chi connectivity index (χ0) is 25.7. The Bertz CT molecular complexity index is 1350. The smallest absolute Gasteiger partial charge is 0.0393 e. The van der Waals surface area contributed by atoms with Gasteiger partial charge in [-0.2, -0.15) is 0 Å². The van der Waals surface area contributed by atoms with Gasteiger partial charge in [-0.05, 0) is 70.7 Å². The van der Waals surface area contributed by atoms with Gasteiger partial charge >= 0.3 is 0 Å². The summed E-state index contributed by atoms with van der Waals surface area (Å²) in [7, 11) is 0. The van der Waals surface area contributed by atoms with Crippen LogP contribution < -0.4 is 5.73 Å². The van der Waals surface area contributed by atoms with Crippen molar-refractivity contribution in [2.45, 2.75) is 25.7 Å². The molecule has 0 aromatic heterocycles. The molecular formula is C36H35N. The molecule has 3 aromatic carbocycles. The summed E-state index contributed by atoms with van der Waals surface area (Å²) in [6.45, 7) is 3.97. The molecule has 0 spiro atoms. The lowest BCUT2D eigenvalue weighted by Gasteiger charge is -2.14. The molecule has 2 N–H and O–H groups in total. The zero-order valence-corrected chi connectivity index (χ0v) is 21.4. The highest BCUT2D eigenvalue weighted by molar-refractivity contribution is 5.83. The first-order valence-corrected chi connectivity index (χ1v) is 13.0. The van der Waals surface area contributed by atoms with Gasteiger partial charge in [0.15, 0.2) is 0 Å². The van der Waals surface area contributed by atoms with Gasteiger partial charge in [-0.3, -0.25) is 0 Å². The van der Waals surface area contributed by atoms with Crippen LogP contribution in [0.15, 0.2) is 157 Å². The fourth-order valence-corrected chi connectivity index (χ4v) is 4.51. The summed E-state index contributed by atoms with van der Waals surface area (Å²) in [5.74, 6) is 0. The maximum absolute atomic E-state index is 6.52. The van der Waals surface area contributed by atoms with Crippen molar-refractivity contribution in [3.05, 3.63) is 174 Å². The van der Waals surface area contributed by atoms with Gasteiger partial charge in [0.25, 0.3) is 0 Å². The molecule has 0 atom stereocenters. The fourth-order valence-electron chi connectivity index (χ4n) is 4.51.